The quantitative estimate of drug-likeness (QED) is 0.784. The SMILES string of the molecule is CC#Cc1cc(C)ccc1C(=O)N(C)Cc1ccccc1. The van der Waals surface area contributed by atoms with Crippen LogP contribution in [-0.4, -0.2) is 17.9 Å². The van der Waals surface area contributed by atoms with E-state index in [1.54, 1.807) is 11.8 Å². The van der Waals surface area contributed by atoms with Gasteiger partial charge in [-0.1, -0.05) is 42.3 Å². The Morgan fingerprint density at radius 3 is 2.52 bits per heavy atom. The Bertz CT molecular complexity index is 692. The van der Waals surface area contributed by atoms with Crippen LogP contribution in [0.2, 0.25) is 0 Å². The maximum absolute atomic E-state index is 12.6. The van der Waals surface area contributed by atoms with Gasteiger partial charge in [0.25, 0.3) is 5.91 Å². The lowest BCUT2D eigenvalue weighted by Crippen LogP contribution is -2.26. The van der Waals surface area contributed by atoms with E-state index in [2.05, 4.69) is 11.8 Å². The molecular weight excluding hydrogens is 258 g/mol. The van der Waals surface area contributed by atoms with E-state index in [9.17, 15) is 4.79 Å². The van der Waals surface area contributed by atoms with E-state index in [1.165, 1.54) is 0 Å². The van der Waals surface area contributed by atoms with Crippen molar-refractivity contribution in [3.05, 3.63) is 70.8 Å². The Kier molecular flexibility index (Phi) is 4.79. The number of nitrogens with zero attached hydrogens (tertiary/aromatic N) is 1. The topological polar surface area (TPSA) is 20.3 Å². The lowest BCUT2D eigenvalue weighted by Gasteiger charge is -2.18. The van der Waals surface area contributed by atoms with Gasteiger partial charge >= 0.3 is 0 Å². The molecule has 0 aliphatic heterocycles. The van der Waals surface area contributed by atoms with Crippen molar-refractivity contribution in [2.45, 2.75) is 20.4 Å². The lowest BCUT2D eigenvalue weighted by atomic mass is 10.0. The zero-order valence-electron chi connectivity index (χ0n) is 12.7. The molecule has 0 saturated heterocycles. The second kappa shape index (κ2) is 6.76. The zero-order chi connectivity index (χ0) is 15.2. The maximum Gasteiger partial charge on any atom is 0.255 e. The standard InChI is InChI=1S/C19H19NO/c1-4-8-17-13-15(2)11-12-18(17)19(21)20(3)14-16-9-6-5-7-10-16/h5-7,9-13H,14H2,1-3H3. The van der Waals surface area contributed by atoms with Gasteiger partial charge in [-0.15, -0.1) is 5.92 Å². The number of amides is 1. The Morgan fingerprint density at radius 1 is 1.14 bits per heavy atom. The number of hydrogen-bond donors (Lipinski definition) is 0. The smallest absolute Gasteiger partial charge is 0.255 e. The van der Waals surface area contributed by atoms with E-state index >= 15 is 0 Å². The number of carbonyl (C=O) groups is 1. The van der Waals surface area contributed by atoms with Crippen molar-refractivity contribution in [1.82, 2.24) is 4.90 Å². The highest BCUT2D eigenvalue weighted by Crippen LogP contribution is 2.14. The molecule has 2 nitrogen and oxygen atoms in total. The van der Waals surface area contributed by atoms with Crippen molar-refractivity contribution < 1.29 is 4.79 Å². The summed E-state index contributed by atoms with van der Waals surface area (Å²) < 4.78 is 0. The largest absolute Gasteiger partial charge is 0.337 e. The van der Waals surface area contributed by atoms with Gasteiger partial charge in [0, 0.05) is 19.2 Å². The van der Waals surface area contributed by atoms with Gasteiger partial charge in [0.15, 0.2) is 0 Å². The van der Waals surface area contributed by atoms with Gasteiger partial charge in [-0.25, -0.2) is 0 Å². The van der Waals surface area contributed by atoms with E-state index < -0.39 is 0 Å². The fourth-order valence-corrected chi connectivity index (χ4v) is 2.22. The van der Waals surface area contributed by atoms with Crippen LogP contribution in [0.3, 0.4) is 0 Å². The van der Waals surface area contributed by atoms with Crippen LogP contribution in [0.15, 0.2) is 48.5 Å². The fraction of sp³-hybridized carbons (Fsp3) is 0.211. The molecule has 0 saturated carbocycles. The van der Waals surface area contributed by atoms with E-state index in [0.29, 0.717) is 12.1 Å². The second-order valence-electron chi connectivity index (χ2n) is 5.07. The molecular formula is C19H19NO. The monoisotopic (exact) mass is 277 g/mol. The molecule has 0 N–H and O–H groups in total. The van der Waals surface area contributed by atoms with Crippen LogP contribution in [0.5, 0.6) is 0 Å². The summed E-state index contributed by atoms with van der Waals surface area (Å²) in [6, 6.07) is 15.7. The summed E-state index contributed by atoms with van der Waals surface area (Å²) >= 11 is 0. The molecule has 0 unspecified atom stereocenters. The van der Waals surface area contributed by atoms with Crippen molar-refractivity contribution >= 4 is 5.91 Å². The minimum Gasteiger partial charge on any atom is -0.337 e. The molecule has 0 aromatic heterocycles. The predicted molar refractivity (Wildman–Crippen MR) is 86.0 cm³/mol. The third-order valence-corrected chi connectivity index (χ3v) is 3.27. The maximum atomic E-state index is 12.6. The van der Waals surface area contributed by atoms with Crippen molar-refractivity contribution in [3.63, 3.8) is 0 Å². The van der Waals surface area contributed by atoms with E-state index in [-0.39, 0.29) is 5.91 Å². The third kappa shape index (κ3) is 3.73. The van der Waals surface area contributed by atoms with Gasteiger partial charge in [-0.2, -0.15) is 0 Å². The first-order valence-corrected chi connectivity index (χ1v) is 6.94. The molecule has 0 atom stereocenters. The first-order valence-electron chi connectivity index (χ1n) is 6.94. The molecule has 0 aliphatic rings. The van der Waals surface area contributed by atoms with Crippen LogP contribution in [0, 0.1) is 18.8 Å². The van der Waals surface area contributed by atoms with E-state index in [4.69, 9.17) is 0 Å². The second-order valence-corrected chi connectivity index (χ2v) is 5.07. The van der Waals surface area contributed by atoms with Crippen LogP contribution < -0.4 is 0 Å². The predicted octanol–water partition coefficient (Wildman–Crippen LogP) is 3.64. The highest BCUT2D eigenvalue weighted by atomic mass is 16.2. The Morgan fingerprint density at radius 2 is 1.86 bits per heavy atom. The highest BCUT2D eigenvalue weighted by Gasteiger charge is 2.15. The molecule has 0 aliphatic carbocycles. The van der Waals surface area contributed by atoms with Gasteiger partial charge in [0.2, 0.25) is 0 Å². The minimum absolute atomic E-state index is 0.00315. The molecule has 0 radical (unpaired) electrons. The molecule has 1 amide bonds. The Hall–Kier alpha value is -2.53. The average Bonchev–Trinajstić information content (AvgIpc) is 2.48. The summed E-state index contributed by atoms with van der Waals surface area (Å²) in [6.45, 7) is 4.37. The third-order valence-electron chi connectivity index (χ3n) is 3.27. The molecule has 2 aromatic rings. The number of aryl methyl sites for hydroxylation is 1. The molecule has 2 heteroatoms. The van der Waals surface area contributed by atoms with Gasteiger partial charge in [-0.05, 0) is 37.1 Å². The van der Waals surface area contributed by atoms with Crippen LogP contribution in [0.1, 0.15) is 34.0 Å². The first-order chi connectivity index (χ1) is 10.1. The van der Waals surface area contributed by atoms with E-state index in [0.717, 1.165) is 16.7 Å². The van der Waals surface area contributed by atoms with Crippen molar-refractivity contribution in [2.75, 3.05) is 7.05 Å². The van der Waals surface area contributed by atoms with Crippen molar-refractivity contribution in [2.24, 2.45) is 0 Å². The summed E-state index contributed by atoms with van der Waals surface area (Å²) in [5.41, 5.74) is 3.68. The van der Waals surface area contributed by atoms with Crippen LogP contribution in [-0.2, 0) is 6.54 Å². The van der Waals surface area contributed by atoms with Gasteiger partial charge in [-0.3, -0.25) is 4.79 Å². The van der Waals surface area contributed by atoms with Crippen LogP contribution >= 0.6 is 0 Å². The molecule has 0 spiro atoms. The number of hydrogen-bond acceptors (Lipinski definition) is 1. The molecule has 0 fully saturated rings. The van der Waals surface area contributed by atoms with Gasteiger partial charge in [0.05, 0.1) is 5.56 Å². The molecule has 0 heterocycles. The summed E-state index contributed by atoms with van der Waals surface area (Å²) in [4.78, 5) is 14.3. The molecule has 0 bridgehead atoms. The molecule has 2 aromatic carbocycles. The molecule has 106 valence electrons. The van der Waals surface area contributed by atoms with Crippen molar-refractivity contribution in [3.8, 4) is 11.8 Å². The summed E-state index contributed by atoms with van der Waals surface area (Å²) in [5, 5.41) is 0. The Labute approximate surface area is 126 Å². The molecule has 21 heavy (non-hydrogen) atoms. The van der Waals surface area contributed by atoms with Crippen molar-refractivity contribution in [1.29, 1.82) is 0 Å². The van der Waals surface area contributed by atoms with Crippen LogP contribution in [0.25, 0.3) is 0 Å². The van der Waals surface area contributed by atoms with Crippen LogP contribution in [0.4, 0.5) is 0 Å². The summed E-state index contributed by atoms with van der Waals surface area (Å²) in [7, 11) is 1.82. The fourth-order valence-electron chi connectivity index (χ4n) is 2.22. The number of benzene rings is 2. The number of carbonyl (C=O) groups excluding carboxylic acids is 1. The van der Waals surface area contributed by atoms with Gasteiger partial charge < -0.3 is 4.90 Å². The highest BCUT2D eigenvalue weighted by molar-refractivity contribution is 5.96. The molecule has 2 rings (SSSR count). The zero-order valence-corrected chi connectivity index (χ0v) is 12.7. The Balaban J connectivity index is 2.25. The first kappa shape index (κ1) is 14.9. The normalized spacial score (nSPS) is 9.67. The minimum atomic E-state index is -0.00315. The lowest BCUT2D eigenvalue weighted by molar-refractivity contribution is 0.0785. The average molecular weight is 277 g/mol. The van der Waals surface area contributed by atoms with E-state index in [1.807, 2.05) is 62.5 Å². The van der Waals surface area contributed by atoms with Gasteiger partial charge in [0.1, 0.15) is 0 Å². The number of rotatable bonds is 3. The summed E-state index contributed by atoms with van der Waals surface area (Å²) in [6.07, 6.45) is 0. The summed E-state index contributed by atoms with van der Waals surface area (Å²) in [5.74, 6) is 5.89.